The van der Waals surface area contributed by atoms with Gasteiger partial charge in [0.15, 0.2) is 9.84 Å². The van der Waals surface area contributed by atoms with Crippen molar-refractivity contribution in [3.05, 3.63) is 83.2 Å². The molecule has 1 atom stereocenters. The Labute approximate surface area is 205 Å². The molecule has 0 radical (unpaired) electrons. The topological polar surface area (TPSA) is 57.7 Å². The zero-order chi connectivity index (χ0) is 26.3. The number of piperazine rings is 1. The first-order valence-corrected chi connectivity index (χ1v) is 13.0. The van der Waals surface area contributed by atoms with Crippen LogP contribution in [0.2, 0.25) is 0 Å². The monoisotopic (exact) mass is 526 g/mol. The molecule has 1 unspecified atom stereocenters. The highest BCUT2D eigenvalue weighted by Gasteiger charge is 2.44. The number of alkyl halides is 4. The van der Waals surface area contributed by atoms with Crippen LogP contribution in [0.25, 0.3) is 5.57 Å². The lowest BCUT2D eigenvalue weighted by atomic mass is 9.90. The Kier molecular flexibility index (Phi) is 6.72. The molecule has 0 bridgehead atoms. The summed E-state index contributed by atoms with van der Waals surface area (Å²) in [5.41, 5.74) is -0.0683. The van der Waals surface area contributed by atoms with Crippen molar-refractivity contribution >= 4 is 27.0 Å². The van der Waals surface area contributed by atoms with E-state index in [0.29, 0.717) is 17.2 Å². The summed E-state index contributed by atoms with van der Waals surface area (Å²) in [6.45, 7) is 0.439. The quantitative estimate of drug-likeness (QED) is 0.546. The second-order valence-corrected chi connectivity index (χ2v) is 11.0. The fraction of sp³-hybridized carbons (Fsp3) is 0.320. The van der Waals surface area contributed by atoms with Gasteiger partial charge < -0.3 is 9.80 Å². The number of carbonyl (C=O) groups is 1. The first-order valence-electron chi connectivity index (χ1n) is 11.1. The van der Waals surface area contributed by atoms with Crippen LogP contribution in [0.1, 0.15) is 17.5 Å². The SMILES string of the molecule is CS(=O)(=O)C1(F)C=CC(c2ccccc2)=C(C(=O)N2CCN(c3ccc(C(F)(F)F)cc3F)CC2)C1. The Balaban J connectivity index is 1.57. The molecule has 192 valence electrons. The number of hydrogen-bond acceptors (Lipinski definition) is 4. The molecule has 0 N–H and O–H groups in total. The second kappa shape index (κ2) is 9.34. The summed E-state index contributed by atoms with van der Waals surface area (Å²) in [7, 11) is -4.18. The van der Waals surface area contributed by atoms with E-state index in [9.17, 15) is 30.8 Å². The van der Waals surface area contributed by atoms with E-state index in [0.717, 1.165) is 24.5 Å². The van der Waals surface area contributed by atoms with E-state index >= 15 is 4.39 Å². The van der Waals surface area contributed by atoms with Crippen LogP contribution in [0.5, 0.6) is 0 Å². The van der Waals surface area contributed by atoms with E-state index in [-0.39, 0.29) is 37.4 Å². The average Bonchev–Trinajstić information content (AvgIpc) is 2.83. The van der Waals surface area contributed by atoms with E-state index in [2.05, 4.69) is 0 Å². The Hall–Kier alpha value is -3.21. The maximum absolute atomic E-state index is 15.4. The third-order valence-corrected chi connectivity index (χ3v) is 7.90. The van der Waals surface area contributed by atoms with Crippen molar-refractivity contribution in [2.24, 2.45) is 0 Å². The summed E-state index contributed by atoms with van der Waals surface area (Å²) in [6.07, 6.45) is -2.29. The van der Waals surface area contributed by atoms with Crippen LogP contribution in [0.4, 0.5) is 27.6 Å². The van der Waals surface area contributed by atoms with Crippen LogP contribution in [0.3, 0.4) is 0 Å². The minimum atomic E-state index is -4.67. The molecule has 4 rings (SSSR count). The van der Waals surface area contributed by atoms with E-state index in [1.165, 1.54) is 15.9 Å². The Morgan fingerprint density at radius 1 is 1.00 bits per heavy atom. The number of anilines is 1. The minimum absolute atomic E-state index is 0.00536. The van der Waals surface area contributed by atoms with E-state index in [1.807, 2.05) is 0 Å². The Morgan fingerprint density at radius 3 is 2.19 bits per heavy atom. The number of sulfone groups is 1. The predicted octanol–water partition coefficient (Wildman–Crippen LogP) is 4.62. The maximum atomic E-state index is 15.4. The third kappa shape index (κ3) is 5.02. The predicted molar refractivity (Wildman–Crippen MR) is 126 cm³/mol. The number of carbonyl (C=O) groups excluding carboxylic acids is 1. The zero-order valence-electron chi connectivity index (χ0n) is 19.2. The summed E-state index contributed by atoms with van der Waals surface area (Å²) in [6, 6.07) is 11.0. The molecular weight excluding hydrogens is 503 g/mol. The lowest BCUT2D eigenvalue weighted by Gasteiger charge is -2.38. The molecule has 11 heteroatoms. The highest BCUT2D eigenvalue weighted by Crippen LogP contribution is 2.39. The van der Waals surface area contributed by atoms with Crippen molar-refractivity contribution < 1.29 is 35.2 Å². The van der Waals surface area contributed by atoms with Crippen LogP contribution < -0.4 is 4.90 Å². The molecule has 2 aromatic carbocycles. The average molecular weight is 527 g/mol. The Bertz CT molecular complexity index is 1330. The molecule has 1 aliphatic carbocycles. The molecule has 0 spiro atoms. The van der Waals surface area contributed by atoms with Crippen LogP contribution >= 0.6 is 0 Å². The van der Waals surface area contributed by atoms with Gasteiger partial charge in [-0.2, -0.15) is 13.2 Å². The molecule has 1 fully saturated rings. The molecule has 0 saturated carbocycles. The molecule has 2 aliphatic rings. The standard InChI is InChI=1S/C25H23F5N2O3S/c1-36(34,35)24(27)10-9-19(17-5-3-2-4-6-17)20(16-24)23(33)32-13-11-31(12-14-32)22-8-7-18(15-21(22)26)25(28,29)30/h2-10,15H,11-14,16H2,1H3. The van der Waals surface area contributed by atoms with Crippen molar-refractivity contribution in [1.29, 1.82) is 0 Å². The fourth-order valence-electron chi connectivity index (χ4n) is 4.32. The van der Waals surface area contributed by atoms with Gasteiger partial charge in [-0.3, -0.25) is 4.79 Å². The normalized spacial score (nSPS) is 21.2. The van der Waals surface area contributed by atoms with Crippen LogP contribution in [-0.2, 0) is 20.8 Å². The molecule has 0 aromatic heterocycles. The van der Waals surface area contributed by atoms with Crippen molar-refractivity contribution in [2.75, 3.05) is 37.3 Å². The second-order valence-electron chi connectivity index (χ2n) is 8.77. The van der Waals surface area contributed by atoms with Crippen molar-refractivity contribution in [3.63, 3.8) is 0 Å². The van der Waals surface area contributed by atoms with E-state index < -0.39 is 44.7 Å². The largest absolute Gasteiger partial charge is 0.416 e. The summed E-state index contributed by atoms with van der Waals surface area (Å²) in [5, 5.41) is -2.73. The first-order chi connectivity index (χ1) is 16.8. The smallest absolute Gasteiger partial charge is 0.366 e. The number of benzene rings is 2. The van der Waals surface area contributed by atoms with Gasteiger partial charge in [0, 0.05) is 44.4 Å². The number of allylic oxidation sites excluding steroid dienone is 2. The highest BCUT2D eigenvalue weighted by atomic mass is 32.2. The van der Waals surface area contributed by atoms with Gasteiger partial charge in [-0.05, 0) is 35.4 Å². The van der Waals surface area contributed by atoms with Crippen molar-refractivity contribution in [3.8, 4) is 0 Å². The van der Waals surface area contributed by atoms with Crippen molar-refractivity contribution in [2.45, 2.75) is 17.6 Å². The molecule has 2 aromatic rings. The zero-order valence-corrected chi connectivity index (χ0v) is 20.0. The fourth-order valence-corrected chi connectivity index (χ4v) is 5.04. The van der Waals surface area contributed by atoms with E-state index in [1.54, 1.807) is 30.3 Å². The molecule has 1 saturated heterocycles. The number of nitrogens with zero attached hydrogens (tertiary/aromatic N) is 2. The number of hydrogen-bond donors (Lipinski definition) is 0. The first kappa shape index (κ1) is 25.9. The third-order valence-electron chi connectivity index (χ3n) is 6.38. The van der Waals surface area contributed by atoms with Gasteiger partial charge in [-0.25, -0.2) is 17.2 Å². The summed E-state index contributed by atoms with van der Waals surface area (Å²) in [5.74, 6) is -1.57. The van der Waals surface area contributed by atoms with Gasteiger partial charge in [-0.15, -0.1) is 0 Å². The van der Waals surface area contributed by atoms with Gasteiger partial charge in [0.1, 0.15) is 5.82 Å². The lowest BCUT2D eigenvalue weighted by Crippen LogP contribution is -2.50. The van der Waals surface area contributed by atoms with Gasteiger partial charge in [0.25, 0.3) is 5.91 Å². The summed E-state index contributed by atoms with van der Waals surface area (Å²) >= 11 is 0. The number of halogens is 5. The van der Waals surface area contributed by atoms with Crippen LogP contribution in [0.15, 0.2) is 66.3 Å². The van der Waals surface area contributed by atoms with Crippen molar-refractivity contribution in [1.82, 2.24) is 4.90 Å². The van der Waals surface area contributed by atoms with Crippen LogP contribution in [-0.4, -0.2) is 56.7 Å². The molecule has 1 amide bonds. The number of rotatable bonds is 4. The Morgan fingerprint density at radius 2 is 1.64 bits per heavy atom. The number of amides is 1. The molecule has 1 aliphatic heterocycles. The van der Waals surface area contributed by atoms with Crippen LogP contribution in [0, 0.1) is 5.82 Å². The molecule has 36 heavy (non-hydrogen) atoms. The molecule has 5 nitrogen and oxygen atoms in total. The van der Waals surface area contributed by atoms with Gasteiger partial charge in [0.2, 0.25) is 5.00 Å². The van der Waals surface area contributed by atoms with Gasteiger partial charge >= 0.3 is 6.18 Å². The molecule has 1 heterocycles. The molecular formula is C25H23F5N2O3S. The maximum Gasteiger partial charge on any atom is 0.416 e. The summed E-state index contributed by atoms with van der Waals surface area (Å²) in [4.78, 5) is 16.4. The summed E-state index contributed by atoms with van der Waals surface area (Å²) < 4.78 is 92.6. The van der Waals surface area contributed by atoms with Gasteiger partial charge in [0.05, 0.1) is 11.3 Å². The lowest BCUT2D eigenvalue weighted by molar-refractivity contribution is -0.137. The minimum Gasteiger partial charge on any atom is -0.366 e. The highest BCUT2D eigenvalue weighted by molar-refractivity contribution is 7.92. The van der Waals surface area contributed by atoms with Gasteiger partial charge in [-0.1, -0.05) is 36.4 Å². The van der Waals surface area contributed by atoms with E-state index in [4.69, 9.17) is 0 Å².